The van der Waals surface area contributed by atoms with Crippen molar-refractivity contribution >= 4 is 11.3 Å². The predicted molar refractivity (Wildman–Crippen MR) is 66.9 cm³/mol. The van der Waals surface area contributed by atoms with Gasteiger partial charge in [-0.25, -0.2) is 4.98 Å². The Morgan fingerprint density at radius 3 is 2.30 bits per heavy atom. The lowest BCUT2D eigenvalue weighted by molar-refractivity contribution is -0.137. The molecule has 1 heterocycles. The molecule has 0 aliphatic rings. The van der Waals surface area contributed by atoms with E-state index in [1.807, 2.05) is 6.07 Å². The summed E-state index contributed by atoms with van der Waals surface area (Å²) in [7, 11) is 0. The third kappa shape index (κ3) is 2.66. The number of nitriles is 1. The van der Waals surface area contributed by atoms with Crippen LogP contribution in [0.1, 0.15) is 27.9 Å². The van der Waals surface area contributed by atoms with Gasteiger partial charge in [0.05, 0.1) is 16.5 Å². The molecule has 0 fully saturated rings. The molecular weight excluding hydrogens is 289 g/mol. The average molecular weight is 298 g/mol. The highest BCUT2D eigenvalue weighted by Gasteiger charge is 2.37. The molecule has 1 aromatic carbocycles. The molecule has 20 heavy (non-hydrogen) atoms. The van der Waals surface area contributed by atoms with E-state index in [1.165, 1.54) is 31.2 Å². The van der Waals surface area contributed by atoms with Crippen LogP contribution in [0.4, 0.5) is 13.2 Å². The Kier molecular flexibility index (Phi) is 3.54. The first kappa shape index (κ1) is 14.5. The molecule has 0 bridgehead atoms. The van der Waals surface area contributed by atoms with Crippen LogP contribution in [-0.2, 0) is 11.8 Å². The fourth-order valence-electron chi connectivity index (χ4n) is 1.64. The molecule has 2 aromatic rings. The standard InChI is InChI=1S/C13H9F3N2OS/c1-12(19,9-4-2-8(6-17)3-5-9)10-7-18-11(20-10)13(14,15)16/h2-5,7,19H,1H3. The van der Waals surface area contributed by atoms with Crippen LogP contribution in [0.5, 0.6) is 0 Å². The molecule has 0 saturated carbocycles. The zero-order valence-corrected chi connectivity index (χ0v) is 11.1. The monoisotopic (exact) mass is 298 g/mol. The van der Waals surface area contributed by atoms with Crippen LogP contribution in [0.2, 0.25) is 0 Å². The van der Waals surface area contributed by atoms with Gasteiger partial charge in [-0.05, 0) is 24.6 Å². The van der Waals surface area contributed by atoms with Crippen molar-refractivity contribution in [3.63, 3.8) is 0 Å². The van der Waals surface area contributed by atoms with E-state index in [4.69, 9.17) is 5.26 Å². The number of hydrogen-bond acceptors (Lipinski definition) is 4. The first-order valence-electron chi connectivity index (χ1n) is 5.51. The van der Waals surface area contributed by atoms with E-state index in [1.54, 1.807) is 0 Å². The number of aliphatic hydroxyl groups is 1. The molecule has 1 unspecified atom stereocenters. The molecule has 104 valence electrons. The Balaban J connectivity index is 2.38. The van der Waals surface area contributed by atoms with Crippen LogP contribution in [0.25, 0.3) is 0 Å². The van der Waals surface area contributed by atoms with Crippen LogP contribution in [-0.4, -0.2) is 10.1 Å². The van der Waals surface area contributed by atoms with Gasteiger partial charge in [-0.3, -0.25) is 0 Å². The van der Waals surface area contributed by atoms with Gasteiger partial charge in [-0.15, -0.1) is 11.3 Å². The minimum absolute atomic E-state index is 0.0922. The number of benzene rings is 1. The van der Waals surface area contributed by atoms with Gasteiger partial charge < -0.3 is 5.11 Å². The molecular formula is C13H9F3N2OS. The van der Waals surface area contributed by atoms with Gasteiger partial charge >= 0.3 is 6.18 Å². The van der Waals surface area contributed by atoms with Gasteiger partial charge in [0, 0.05) is 6.20 Å². The normalized spacial score (nSPS) is 14.6. The van der Waals surface area contributed by atoms with Crippen molar-refractivity contribution in [2.75, 3.05) is 0 Å². The average Bonchev–Trinajstić information content (AvgIpc) is 2.89. The molecule has 0 radical (unpaired) electrons. The summed E-state index contributed by atoms with van der Waals surface area (Å²) in [5, 5.41) is 18.1. The van der Waals surface area contributed by atoms with E-state index in [0.717, 1.165) is 6.20 Å². The van der Waals surface area contributed by atoms with E-state index in [2.05, 4.69) is 4.98 Å². The Labute approximate surface area is 116 Å². The van der Waals surface area contributed by atoms with Crippen LogP contribution in [0.3, 0.4) is 0 Å². The van der Waals surface area contributed by atoms with Crippen LogP contribution in [0.15, 0.2) is 30.5 Å². The lowest BCUT2D eigenvalue weighted by Gasteiger charge is -2.21. The van der Waals surface area contributed by atoms with Crippen molar-refractivity contribution in [3.8, 4) is 6.07 Å². The second-order valence-corrected chi connectivity index (χ2v) is 5.32. The van der Waals surface area contributed by atoms with E-state index >= 15 is 0 Å². The maximum absolute atomic E-state index is 12.5. The Morgan fingerprint density at radius 1 is 1.25 bits per heavy atom. The summed E-state index contributed by atoms with van der Waals surface area (Å²) in [5.41, 5.74) is -0.784. The molecule has 2 rings (SSSR count). The number of hydrogen-bond donors (Lipinski definition) is 1. The van der Waals surface area contributed by atoms with Gasteiger partial charge in [0.25, 0.3) is 0 Å². The van der Waals surface area contributed by atoms with Gasteiger partial charge in [-0.1, -0.05) is 12.1 Å². The Hall–Kier alpha value is -1.91. The molecule has 1 N–H and O–H groups in total. The maximum Gasteiger partial charge on any atom is 0.443 e. The highest BCUT2D eigenvalue weighted by molar-refractivity contribution is 7.11. The molecule has 1 atom stereocenters. The minimum Gasteiger partial charge on any atom is -0.380 e. The fraction of sp³-hybridized carbons (Fsp3) is 0.231. The number of aromatic nitrogens is 1. The minimum atomic E-state index is -4.52. The number of rotatable bonds is 2. The maximum atomic E-state index is 12.5. The molecule has 0 aliphatic carbocycles. The third-order valence-corrected chi connectivity index (χ3v) is 4.06. The largest absolute Gasteiger partial charge is 0.443 e. The molecule has 0 spiro atoms. The van der Waals surface area contributed by atoms with Crippen molar-refractivity contribution in [2.45, 2.75) is 18.7 Å². The summed E-state index contributed by atoms with van der Waals surface area (Å²) >= 11 is 0.400. The van der Waals surface area contributed by atoms with E-state index in [0.29, 0.717) is 22.5 Å². The second kappa shape index (κ2) is 4.89. The van der Waals surface area contributed by atoms with Crippen LogP contribution >= 0.6 is 11.3 Å². The first-order valence-corrected chi connectivity index (χ1v) is 6.33. The molecule has 3 nitrogen and oxygen atoms in total. The number of nitrogens with zero attached hydrogens (tertiary/aromatic N) is 2. The quantitative estimate of drug-likeness (QED) is 0.925. The highest BCUT2D eigenvalue weighted by Crippen LogP contribution is 2.38. The zero-order valence-electron chi connectivity index (χ0n) is 10.3. The summed E-state index contributed by atoms with van der Waals surface area (Å²) in [5.74, 6) is 0. The van der Waals surface area contributed by atoms with Crippen molar-refractivity contribution in [1.29, 1.82) is 5.26 Å². The lowest BCUT2D eigenvalue weighted by Crippen LogP contribution is -2.21. The van der Waals surface area contributed by atoms with E-state index in [-0.39, 0.29) is 4.88 Å². The Bertz CT molecular complexity index is 653. The SMILES string of the molecule is CC(O)(c1ccc(C#N)cc1)c1cnc(C(F)(F)F)s1. The van der Waals surface area contributed by atoms with E-state index < -0.39 is 16.8 Å². The van der Waals surface area contributed by atoms with Crippen molar-refractivity contribution in [2.24, 2.45) is 0 Å². The summed E-state index contributed by atoms with van der Waals surface area (Å²) in [6.07, 6.45) is -3.50. The summed E-state index contributed by atoms with van der Waals surface area (Å²) < 4.78 is 37.6. The smallest absolute Gasteiger partial charge is 0.380 e. The van der Waals surface area contributed by atoms with E-state index in [9.17, 15) is 18.3 Å². The summed E-state index contributed by atoms with van der Waals surface area (Å²) in [6, 6.07) is 7.93. The van der Waals surface area contributed by atoms with Crippen LogP contribution < -0.4 is 0 Å². The van der Waals surface area contributed by atoms with Crippen molar-refractivity contribution < 1.29 is 18.3 Å². The summed E-state index contributed by atoms with van der Waals surface area (Å²) in [4.78, 5) is 3.39. The van der Waals surface area contributed by atoms with Gasteiger partial charge in [-0.2, -0.15) is 18.4 Å². The van der Waals surface area contributed by atoms with Crippen molar-refractivity contribution in [1.82, 2.24) is 4.98 Å². The summed E-state index contributed by atoms with van der Waals surface area (Å²) in [6.45, 7) is 1.39. The van der Waals surface area contributed by atoms with Gasteiger partial charge in [0.15, 0.2) is 5.01 Å². The second-order valence-electron chi connectivity index (χ2n) is 4.29. The fourth-order valence-corrected chi connectivity index (χ4v) is 2.49. The topological polar surface area (TPSA) is 56.9 Å². The Morgan fingerprint density at radius 2 is 1.85 bits per heavy atom. The molecule has 1 aromatic heterocycles. The number of halogens is 3. The lowest BCUT2D eigenvalue weighted by atomic mass is 9.94. The molecule has 0 aliphatic heterocycles. The van der Waals surface area contributed by atoms with Gasteiger partial charge in [0.2, 0.25) is 0 Å². The van der Waals surface area contributed by atoms with Gasteiger partial charge in [0.1, 0.15) is 5.60 Å². The third-order valence-electron chi connectivity index (χ3n) is 2.80. The number of alkyl halides is 3. The molecule has 0 saturated heterocycles. The molecule has 0 amide bonds. The van der Waals surface area contributed by atoms with Crippen LogP contribution in [0, 0.1) is 11.3 Å². The predicted octanol–water partition coefficient (Wildman–Crippen LogP) is 3.29. The zero-order chi connectivity index (χ0) is 15.0. The number of thiazole rings is 1. The molecule has 7 heteroatoms. The first-order chi connectivity index (χ1) is 9.25. The highest BCUT2D eigenvalue weighted by atomic mass is 32.1. The van der Waals surface area contributed by atoms with Crippen molar-refractivity contribution in [3.05, 3.63) is 51.5 Å².